The molecule has 1 aliphatic heterocycles. The Balaban J connectivity index is 1.22. The van der Waals surface area contributed by atoms with Crippen LogP contribution in [0.1, 0.15) is 25.0 Å². The molecule has 2 aromatic heterocycles. The van der Waals surface area contributed by atoms with Crippen molar-refractivity contribution >= 4 is 0 Å². The molecule has 0 saturated carbocycles. The third-order valence-electron chi connectivity index (χ3n) is 8.02. The zero-order chi connectivity index (χ0) is 27.6. The smallest absolute Gasteiger partial charge is 0.178 e. The van der Waals surface area contributed by atoms with Gasteiger partial charge in [-0.3, -0.25) is 4.98 Å². The molecule has 0 spiro atoms. The molecule has 0 unspecified atom stereocenters. The number of rotatable bonds is 3. The molecule has 0 atom stereocenters. The Bertz CT molecular complexity index is 1910. The van der Waals surface area contributed by atoms with Crippen LogP contribution in [-0.2, 0) is 5.41 Å². The molecule has 5 nitrogen and oxygen atoms in total. The molecule has 0 saturated heterocycles. The minimum Gasteiger partial charge on any atom is -0.449 e. The summed E-state index contributed by atoms with van der Waals surface area (Å²) in [6, 6.07) is 36.5. The van der Waals surface area contributed by atoms with Crippen molar-refractivity contribution in [1.82, 2.24) is 15.0 Å². The number of hydrogen-bond acceptors (Lipinski definition) is 5. The first kappa shape index (κ1) is 23.6. The highest BCUT2D eigenvalue weighted by atomic mass is 16.6. The molecular formula is C36H25N3O2. The summed E-state index contributed by atoms with van der Waals surface area (Å²) in [5.41, 5.74) is 8.92. The highest BCUT2D eigenvalue weighted by Crippen LogP contribution is 2.58. The van der Waals surface area contributed by atoms with Gasteiger partial charge in [-0.05, 0) is 59.2 Å². The molecule has 2 aliphatic rings. The average molecular weight is 532 g/mol. The molecule has 41 heavy (non-hydrogen) atoms. The van der Waals surface area contributed by atoms with E-state index in [1.807, 2.05) is 78.9 Å². The Morgan fingerprint density at radius 3 is 2.20 bits per heavy atom. The maximum atomic E-state index is 6.58. The molecular weight excluding hydrogens is 506 g/mol. The van der Waals surface area contributed by atoms with Crippen LogP contribution < -0.4 is 9.47 Å². The Labute approximate surface area is 238 Å². The molecule has 0 radical (unpaired) electrons. The quantitative estimate of drug-likeness (QED) is 0.228. The number of fused-ring (bicyclic) bond motifs is 6. The van der Waals surface area contributed by atoms with E-state index in [0.717, 1.165) is 39.5 Å². The molecule has 8 rings (SSSR count). The molecule has 4 aromatic carbocycles. The predicted molar refractivity (Wildman–Crippen MR) is 160 cm³/mol. The minimum absolute atomic E-state index is 0.108. The van der Waals surface area contributed by atoms with E-state index in [1.54, 1.807) is 6.20 Å². The van der Waals surface area contributed by atoms with Crippen LogP contribution in [0.2, 0.25) is 0 Å². The Kier molecular flexibility index (Phi) is 5.10. The molecule has 0 bridgehead atoms. The number of benzene rings is 4. The van der Waals surface area contributed by atoms with Gasteiger partial charge in [-0.2, -0.15) is 0 Å². The van der Waals surface area contributed by atoms with E-state index in [-0.39, 0.29) is 5.41 Å². The van der Waals surface area contributed by atoms with Crippen LogP contribution in [-0.4, -0.2) is 15.0 Å². The Morgan fingerprint density at radius 2 is 1.34 bits per heavy atom. The summed E-state index contributed by atoms with van der Waals surface area (Å²) in [6.45, 7) is 4.53. The van der Waals surface area contributed by atoms with Crippen molar-refractivity contribution in [2.45, 2.75) is 19.3 Å². The van der Waals surface area contributed by atoms with Crippen LogP contribution in [0.5, 0.6) is 23.0 Å². The molecule has 0 amide bonds. The van der Waals surface area contributed by atoms with Gasteiger partial charge in [0, 0.05) is 28.3 Å². The Morgan fingerprint density at radius 1 is 0.561 bits per heavy atom. The number of pyridine rings is 1. The van der Waals surface area contributed by atoms with E-state index in [9.17, 15) is 0 Å². The molecule has 1 aliphatic carbocycles. The lowest BCUT2D eigenvalue weighted by Crippen LogP contribution is -2.15. The summed E-state index contributed by atoms with van der Waals surface area (Å²) in [7, 11) is 0. The number of aromatic nitrogens is 3. The minimum atomic E-state index is -0.108. The second kappa shape index (κ2) is 8.86. The van der Waals surface area contributed by atoms with Crippen LogP contribution >= 0.6 is 0 Å². The standard InChI is InChI=1S/C36H25N3O2/c1-36(2)25-13-7-6-12-24(25)33-26(36)16-18-31-34(33)41-30-17-15-23(20-32(30)40-31)28-21-29(27-14-8-9-19-37-27)39-35(38-28)22-10-4-3-5-11-22/h3-21H,1-2H3. The first-order valence-corrected chi connectivity index (χ1v) is 13.7. The van der Waals surface area contributed by atoms with Crippen molar-refractivity contribution < 1.29 is 9.47 Å². The van der Waals surface area contributed by atoms with Gasteiger partial charge < -0.3 is 9.47 Å². The summed E-state index contributed by atoms with van der Waals surface area (Å²) < 4.78 is 13.1. The lowest BCUT2D eigenvalue weighted by atomic mass is 9.82. The normalized spacial score (nSPS) is 13.7. The third kappa shape index (κ3) is 3.74. The predicted octanol–water partition coefficient (Wildman–Crippen LogP) is 9.08. The van der Waals surface area contributed by atoms with Crippen LogP contribution in [0.4, 0.5) is 0 Å². The van der Waals surface area contributed by atoms with Gasteiger partial charge in [-0.1, -0.05) is 80.6 Å². The average Bonchev–Trinajstić information content (AvgIpc) is 3.27. The molecule has 0 N–H and O–H groups in total. The summed E-state index contributed by atoms with van der Waals surface area (Å²) in [6.07, 6.45) is 1.77. The fourth-order valence-corrected chi connectivity index (χ4v) is 5.94. The van der Waals surface area contributed by atoms with E-state index in [4.69, 9.17) is 19.4 Å². The highest BCUT2D eigenvalue weighted by Gasteiger charge is 2.39. The van der Waals surface area contributed by atoms with Crippen molar-refractivity contribution in [2.24, 2.45) is 0 Å². The van der Waals surface area contributed by atoms with E-state index in [0.29, 0.717) is 23.1 Å². The third-order valence-corrected chi connectivity index (χ3v) is 8.02. The number of ether oxygens (including phenoxy) is 2. The van der Waals surface area contributed by atoms with Gasteiger partial charge in [-0.15, -0.1) is 0 Å². The van der Waals surface area contributed by atoms with Crippen molar-refractivity contribution in [2.75, 3.05) is 0 Å². The first-order valence-electron chi connectivity index (χ1n) is 13.7. The largest absolute Gasteiger partial charge is 0.449 e. The van der Waals surface area contributed by atoms with Gasteiger partial charge in [0.1, 0.15) is 0 Å². The summed E-state index contributed by atoms with van der Waals surface area (Å²) >= 11 is 0. The van der Waals surface area contributed by atoms with Crippen LogP contribution in [0.25, 0.3) is 45.2 Å². The maximum absolute atomic E-state index is 6.58. The van der Waals surface area contributed by atoms with E-state index in [1.165, 1.54) is 16.7 Å². The van der Waals surface area contributed by atoms with E-state index in [2.05, 4.69) is 49.2 Å². The van der Waals surface area contributed by atoms with Crippen molar-refractivity contribution in [1.29, 1.82) is 0 Å². The topological polar surface area (TPSA) is 57.1 Å². The molecule has 0 fully saturated rings. The van der Waals surface area contributed by atoms with Gasteiger partial charge in [0.15, 0.2) is 28.8 Å². The second-order valence-corrected chi connectivity index (χ2v) is 10.9. The Hall–Kier alpha value is -5.29. The van der Waals surface area contributed by atoms with Gasteiger partial charge >= 0.3 is 0 Å². The molecule has 6 aromatic rings. The number of hydrogen-bond donors (Lipinski definition) is 0. The maximum Gasteiger partial charge on any atom is 0.178 e. The van der Waals surface area contributed by atoms with Gasteiger partial charge in [0.2, 0.25) is 0 Å². The van der Waals surface area contributed by atoms with Crippen LogP contribution in [0.15, 0.2) is 115 Å². The summed E-state index contributed by atoms with van der Waals surface area (Å²) in [4.78, 5) is 14.3. The van der Waals surface area contributed by atoms with E-state index >= 15 is 0 Å². The molecule has 3 heterocycles. The zero-order valence-electron chi connectivity index (χ0n) is 22.6. The number of nitrogens with zero attached hydrogens (tertiary/aromatic N) is 3. The SMILES string of the molecule is CC1(C)c2ccccc2-c2c1ccc1c2Oc2ccc(-c3cc(-c4ccccn4)nc(-c4ccccc4)n3)cc2O1. The zero-order valence-corrected chi connectivity index (χ0v) is 22.6. The van der Waals surface area contributed by atoms with Crippen LogP contribution in [0.3, 0.4) is 0 Å². The first-order chi connectivity index (χ1) is 20.1. The van der Waals surface area contributed by atoms with E-state index < -0.39 is 0 Å². The lowest BCUT2D eigenvalue weighted by molar-refractivity contribution is 0.360. The monoisotopic (exact) mass is 531 g/mol. The van der Waals surface area contributed by atoms with Crippen LogP contribution in [0, 0.1) is 0 Å². The fourth-order valence-electron chi connectivity index (χ4n) is 5.94. The lowest BCUT2D eigenvalue weighted by Gasteiger charge is -2.25. The van der Waals surface area contributed by atoms with Crippen molar-refractivity contribution in [3.05, 3.63) is 127 Å². The van der Waals surface area contributed by atoms with Gasteiger partial charge in [0.25, 0.3) is 0 Å². The summed E-state index contributed by atoms with van der Waals surface area (Å²) in [5, 5.41) is 0. The second-order valence-electron chi connectivity index (χ2n) is 10.9. The fraction of sp³-hybridized carbons (Fsp3) is 0.0833. The highest BCUT2D eigenvalue weighted by molar-refractivity contribution is 5.88. The van der Waals surface area contributed by atoms with Crippen molar-refractivity contribution in [3.8, 4) is 68.2 Å². The summed E-state index contributed by atoms with van der Waals surface area (Å²) in [5.74, 6) is 3.45. The van der Waals surface area contributed by atoms with Gasteiger partial charge in [0.05, 0.1) is 17.1 Å². The van der Waals surface area contributed by atoms with Crippen molar-refractivity contribution in [3.63, 3.8) is 0 Å². The molecule has 196 valence electrons. The molecule has 5 heteroatoms. The van der Waals surface area contributed by atoms with Gasteiger partial charge in [-0.25, -0.2) is 9.97 Å².